The largest absolute Gasteiger partial charge is 0.228 e. The van der Waals surface area contributed by atoms with Crippen molar-refractivity contribution in [3.8, 4) is 0 Å². The molecule has 0 aromatic heterocycles. The monoisotopic (exact) mass is 188 g/mol. The van der Waals surface area contributed by atoms with Crippen LogP contribution in [0, 0.1) is 0 Å². The third-order valence-corrected chi connectivity index (χ3v) is 3.61. The third-order valence-electron chi connectivity index (χ3n) is 0.512. The highest BCUT2D eigenvalue weighted by atomic mass is 35.5. The lowest BCUT2D eigenvalue weighted by Gasteiger charge is -1.98. The van der Waals surface area contributed by atoms with E-state index in [1.807, 2.05) is 0 Å². The van der Waals surface area contributed by atoms with Gasteiger partial charge in [0.15, 0.2) is 9.84 Å². The summed E-state index contributed by atoms with van der Waals surface area (Å²) in [5.74, 6) is 0. The SMILES string of the molecule is CC(Cl)SCS(C)(=O)=O. The van der Waals surface area contributed by atoms with Gasteiger partial charge in [0.25, 0.3) is 0 Å². The van der Waals surface area contributed by atoms with E-state index >= 15 is 0 Å². The summed E-state index contributed by atoms with van der Waals surface area (Å²) in [5, 5.41) is 0.109. The maximum Gasteiger partial charge on any atom is 0.156 e. The Balaban J connectivity index is 3.53. The molecule has 5 heteroatoms. The Morgan fingerprint density at radius 2 is 2.11 bits per heavy atom. The van der Waals surface area contributed by atoms with Crippen molar-refractivity contribution in [1.29, 1.82) is 0 Å². The van der Waals surface area contributed by atoms with Crippen molar-refractivity contribution in [2.75, 3.05) is 11.3 Å². The zero-order valence-corrected chi connectivity index (χ0v) is 7.68. The van der Waals surface area contributed by atoms with Crippen LogP contribution in [0.15, 0.2) is 0 Å². The molecule has 0 heterocycles. The van der Waals surface area contributed by atoms with E-state index in [1.165, 1.54) is 18.0 Å². The summed E-state index contributed by atoms with van der Waals surface area (Å²) in [5.41, 5.74) is 0. The molecule has 0 bridgehead atoms. The van der Waals surface area contributed by atoms with Crippen LogP contribution in [-0.2, 0) is 9.84 Å². The van der Waals surface area contributed by atoms with E-state index in [2.05, 4.69) is 0 Å². The lowest BCUT2D eigenvalue weighted by atomic mass is 11.0. The van der Waals surface area contributed by atoms with E-state index < -0.39 is 9.84 Å². The molecule has 0 N–H and O–H groups in total. The summed E-state index contributed by atoms with van der Waals surface area (Å²) in [6.45, 7) is 1.75. The van der Waals surface area contributed by atoms with Gasteiger partial charge in [-0.15, -0.1) is 23.4 Å². The lowest BCUT2D eigenvalue weighted by molar-refractivity contribution is 0.606. The molecule has 0 fully saturated rings. The molecule has 0 aromatic rings. The molecule has 0 aromatic carbocycles. The van der Waals surface area contributed by atoms with Crippen LogP contribution in [0.1, 0.15) is 6.92 Å². The molecule has 0 aliphatic carbocycles. The molecule has 0 amide bonds. The van der Waals surface area contributed by atoms with Gasteiger partial charge in [-0.05, 0) is 6.92 Å². The molecule has 0 saturated heterocycles. The van der Waals surface area contributed by atoms with Gasteiger partial charge in [0.05, 0.1) is 9.79 Å². The van der Waals surface area contributed by atoms with Crippen molar-refractivity contribution in [2.24, 2.45) is 0 Å². The van der Waals surface area contributed by atoms with Crippen molar-refractivity contribution in [3.05, 3.63) is 0 Å². The van der Waals surface area contributed by atoms with Crippen molar-refractivity contribution < 1.29 is 8.42 Å². The highest BCUT2D eigenvalue weighted by molar-refractivity contribution is 8.13. The topological polar surface area (TPSA) is 34.1 Å². The van der Waals surface area contributed by atoms with Crippen molar-refractivity contribution in [2.45, 2.75) is 11.6 Å². The Labute approximate surface area is 64.9 Å². The molecule has 1 unspecified atom stereocenters. The molecule has 0 aliphatic heterocycles. The molecule has 0 radical (unpaired) electrons. The van der Waals surface area contributed by atoms with Gasteiger partial charge >= 0.3 is 0 Å². The summed E-state index contributed by atoms with van der Waals surface area (Å²) < 4.78 is 20.8. The van der Waals surface area contributed by atoms with Gasteiger partial charge in [0.2, 0.25) is 0 Å². The molecule has 0 rings (SSSR count). The standard InChI is InChI=1S/C4H9ClO2S2/c1-4(5)8-3-9(2,6)7/h4H,3H2,1-2H3. The first kappa shape index (κ1) is 9.59. The molecule has 56 valence electrons. The van der Waals surface area contributed by atoms with Crippen LogP contribution in [0.25, 0.3) is 0 Å². The first-order valence-electron chi connectivity index (χ1n) is 2.35. The zero-order chi connectivity index (χ0) is 7.49. The van der Waals surface area contributed by atoms with E-state index in [0.29, 0.717) is 0 Å². The van der Waals surface area contributed by atoms with Crippen LogP contribution >= 0.6 is 23.4 Å². The Bertz CT molecular complexity index is 161. The highest BCUT2D eigenvalue weighted by Gasteiger charge is 2.04. The highest BCUT2D eigenvalue weighted by Crippen LogP contribution is 2.15. The molecular weight excluding hydrogens is 180 g/mol. The first-order chi connectivity index (χ1) is 3.92. The molecule has 0 aliphatic rings. The summed E-state index contributed by atoms with van der Waals surface area (Å²) >= 11 is 6.70. The van der Waals surface area contributed by atoms with E-state index in [4.69, 9.17) is 11.6 Å². The number of hydrogen-bond acceptors (Lipinski definition) is 3. The minimum atomic E-state index is -2.84. The summed E-state index contributed by atoms with van der Waals surface area (Å²) in [6.07, 6.45) is 1.19. The first-order valence-corrected chi connectivity index (χ1v) is 5.90. The van der Waals surface area contributed by atoms with Crippen LogP contribution in [0.5, 0.6) is 0 Å². The zero-order valence-electron chi connectivity index (χ0n) is 5.30. The third kappa shape index (κ3) is 8.59. The maximum absolute atomic E-state index is 10.5. The number of rotatable bonds is 3. The number of alkyl halides is 1. The van der Waals surface area contributed by atoms with Crippen LogP contribution in [-0.4, -0.2) is 24.5 Å². The molecule has 2 nitrogen and oxygen atoms in total. The molecule has 0 saturated carbocycles. The number of sulfone groups is 1. The number of thioether (sulfide) groups is 1. The fraction of sp³-hybridized carbons (Fsp3) is 1.00. The Morgan fingerprint density at radius 3 is 2.22 bits per heavy atom. The van der Waals surface area contributed by atoms with Crippen LogP contribution in [0.4, 0.5) is 0 Å². The van der Waals surface area contributed by atoms with Gasteiger partial charge in [-0.1, -0.05) is 0 Å². The summed E-state index contributed by atoms with van der Waals surface area (Å²) in [4.78, 5) is 0. The van der Waals surface area contributed by atoms with E-state index in [1.54, 1.807) is 6.92 Å². The average Bonchev–Trinajstić information content (AvgIpc) is 1.59. The second-order valence-corrected chi connectivity index (χ2v) is 6.50. The predicted octanol–water partition coefficient (Wildman–Crippen LogP) is 1.31. The Morgan fingerprint density at radius 1 is 1.67 bits per heavy atom. The second-order valence-electron chi connectivity index (χ2n) is 1.75. The molecular formula is C4H9ClO2S2. The Hall–Kier alpha value is 0.590. The van der Waals surface area contributed by atoms with E-state index in [-0.39, 0.29) is 9.79 Å². The van der Waals surface area contributed by atoms with Crippen molar-refractivity contribution in [3.63, 3.8) is 0 Å². The molecule has 1 atom stereocenters. The fourth-order valence-electron chi connectivity index (χ4n) is 0.217. The molecule has 0 spiro atoms. The average molecular weight is 189 g/mol. The van der Waals surface area contributed by atoms with Crippen molar-refractivity contribution >= 4 is 33.2 Å². The lowest BCUT2D eigenvalue weighted by Crippen LogP contribution is -2.00. The van der Waals surface area contributed by atoms with Gasteiger partial charge in [-0.2, -0.15) is 0 Å². The van der Waals surface area contributed by atoms with Gasteiger partial charge < -0.3 is 0 Å². The maximum atomic E-state index is 10.5. The van der Waals surface area contributed by atoms with Gasteiger partial charge in [0, 0.05) is 6.26 Å². The number of hydrogen-bond donors (Lipinski definition) is 0. The molecule has 9 heavy (non-hydrogen) atoms. The van der Waals surface area contributed by atoms with E-state index in [0.717, 1.165) is 0 Å². The van der Waals surface area contributed by atoms with Gasteiger partial charge in [-0.3, -0.25) is 0 Å². The normalized spacial score (nSPS) is 15.4. The predicted molar refractivity (Wildman–Crippen MR) is 42.6 cm³/mol. The summed E-state index contributed by atoms with van der Waals surface area (Å²) in [7, 11) is -2.84. The van der Waals surface area contributed by atoms with Crippen LogP contribution in [0.2, 0.25) is 0 Å². The second kappa shape index (κ2) is 3.68. The smallest absolute Gasteiger partial charge is 0.156 e. The summed E-state index contributed by atoms with van der Waals surface area (Å²) in [6, 6.07) is 0. The fourth-order valence-corrected chi connectivity index (χ4v) is 2.42. The van der Waals surface area contributed by atoms with Crippen molar-refractivity contribution in [1.82, 2.24) is 0 Å². The number of halogens is 1. The minimum absolute atomic E-state index is 0.109. The quantitative estimate of drug-likeness (QED) is 0.627. The van der Waals surface area contributed by atoms with E-state index in [9.17, 15) is 8.42 Å². The van der Waals surface area contributed by atoms with Gasteiger partial charge in [0.1, 0.15) is 0 Å². The van der Waals surface area contributed by atoms with Crippen LogP contribution < -0.4 is 0 Å². The van der Waals surface area contributed by atoms with Gasteiger partial charge in [-0.25, -0.2) is 8.42 Å². The minimum Gasteiger partial charge on any atom is -0.228 e. The van der Waals surface area contributed by atoms with Crippen LogP contribution in [0.3, 0.4) is 0 Å². The Kier molecular flexibility index (Phi) is 3.93.